The highest BCUT2D eigenvalue weighted by molar-refractivity contribution is 7.93. The van der Waals surface area contributed by atoms with Crippen molar-refractivity contribution < 1.29 is 13.2 Å². The van der Waals surface area contributed by atoms with Gasteiger partial charge in [0, 0.05) is 5.41 Å². The van der Waals surface area contributed by atoms with Crippen LogP contribution in [-0.2, 0) is 14.6 Å². The second-order valence-corrected chi connectivity index (χ2v) is 8.90. The molecule has 0 N–H and O–H groups in total. The molecule has 4 heteroatoms. The minimum Gasteiger partial charge on any atom is -0.297 e. The van der Waals surface area contributed by atoms with Crippen molar-refractivity contribution in [2.75, 3.05) is 0 Å². The summed E-state index contributed by atoms with van der Waals surface area (Å²) in [6, 6.07) is 6.60. The number of benzene rings is 1. The molecule has 0 aromatic heterocycles. The highest BCUT2D eigenvalue weighted by Gasteiger charge is 2.46. The summed E-state index contributed by atoms with van der Waals surface area (Å²) in [7, 11) is -3.69. The molecule has 0 aliphatic rings. The standard InChI is InChI=1S/C15H22O3S/c1-11-7-9-12(10-8-11)19(17,18)15(5,6)13(16)14(2,3)4/h7-10H,1-6H3. The largest absolute Gasteiger partial charge is 0.297 e. The van der Waals surface area contributed by atoms with Gasteiger partial charge in [0.15, 0.2) is 15.6 Å². The van der Waals surface area contributed by atoms with Gasteiger partial charge in [-0.3, -0.25) is 4.79 Å². The molecule has 0 amide bonds. The van der Waals surface area contributed by atoms with Crippen LogP contribution in [0.15, 0.2) is 29.2 Å². The molecule has 1 aromatic rings. The van der Waals surface area contributed by atoms with Gasteiger partial charge in [-0.2, -0.15) is 0 Å². The average molecular weight is 282 g/mol. The van der Waals surface area contributed by atoms with Crippen molar-refractivity contribution in [3.05, 3.63) is 29.8 Å². The van der Waals surface area contributed by atoms with Crippen LogP contribution < -0.4 is 0 Å². The van der Waals surface area contributed by atoms with Gasteiger partial charge in [-0.05, 0) is 32.9 Å². The fraction of sp³-hybridized carbons (Fsp3) is 0.533. The first-order valence-electron chi connectivity index (χ1n) is 6.27. The summed E-state index contributed by atoms with van der Waals surface area (Å²) in [6.07, 6.45) is 0. The van der Waals surface area contributed by atoms with E-state index >= 15 is 0 Å². The van der Waals surface area contributed by atoms with Crippen molar-refractivity contribution in [3.63, 3.8) is 0 Å². The third-order valence-corrected chi connectivity index (χ3v) is 5.65. The van der Waals surface area contributed by atoms with E-state index in [0.717, 1.165) is 5.56 Å². The molecule has 0 heterocycles. The van der Waals surface area contributed by atoms with E-state index in [2.05, 4.69) is 0 Å². The fourth-order valence-corrected chi connectivity index (χ4v) is 3.67. The first-order valence-corrected chi connectivity index (χ1v) is 7.75. The Kier molecular flexibility index (Phi) is 3.97. The Morgan fingerprint density at radius 1 is 0.947 bits per heavy atom. The third-order valence-electron chi connectivity index (χ3n) is 3.23. The molecule has 0 aliphatic carbocycles. The minimum atomic E-state index is -3.69. The Balaban J connectivity index is 3.34. The van der Waals surface area contributed by atoms with Crippen LogP contribution in [0.1, 0.15) is 40.2 Å². The molecule has 1 rings (SSSR count). The summed E-state index contributed by atoms with van der Waals surface area (Å²) < 4.78 is 23.8. The van der Waals surface area contributed by atoms with Gasteiger partial charge in [-0.1, -0.05) is 38.5 Å². The fourth-order valence-electron chi connectivity index (χ4n) is 2.04. The van der Waals surface area contributed by atoms with Gasteiger partial charge >= 0.3 is 0 Å². The van der Waals surface area contributed by atoms with E-state index in [-0.39, 0.29) is 10.7 Å². The zero-order valence-corrected chi connectivity index (χ0v) is 13.3. The molecule has 0 saturated carbocycles. The number of ketones is 1. The van der Waals surface area contributed by atoms with E-state index < -0.39 is 20.0 Å². The number of hydrogen-bond acceptors (Lipinski definition) is 3. The van der Waals surface area contributed by atoms with E-state index in [1.807, 2.05) is 6.92 Å². The van der Waals surface area contributed by atoms with E-state index in [9.17, 15) is 13.2 Å². The summed E-state index contributed by atoms with van der Waals surface area (Å²) in [5.41, 5.74) is 0.292. The molecule has 0 fully saturated rings. The lowest BCUT2D eigenvalue weighted by Crippen LogP contribution is -2.46. The SMILES string of the molecule is Cc1ccc(S(=O)(=O)C(C)(C)C(=O)C(C)(C)C)cc1. The summed E-state index contributed by atoms with van der Waals surface area (Å²) in [5.74, 6) is -0.277. The third kappa shape index (κ3) is 2.89. The molecule has 0 atom stereocenters. The second kappa shape index (κ2) is 4.75. The lowest BCUT2D eigenvalue weighted by Gasteiger charge is -2.30. The van der Waals surface area contributed by atoms with Gasteiger partial charge in [0.05, 0.1) is 4.90 Å². The lowest BCUT2D eigenvalue weighted by atomic mass is 9.84. The van der Waals surface area contributed by atoms with Crippen molar-refractivity contribution in [3.8, 4) is 0 Å². The molecule has 0 unspecified atom stereocenters. The number of carbonyl (C=O) groups is 1. The smallest absolute Gasteiger partial charge is 0.190 e. The normalized spacial score (nSPS) is 13.4. The van der Waals surface area contributed by atoms with Gasteiger partial charge in [-0.15, -0.1) is 0 Å². The van der Waals surface area contributed by atoms with Gasteiger partial charge < -0.3 is 0 Å². The molecule has 0 spiro atoms. The maximum absolute atomic E-state index is 12.6. The molecule has 3 nitrogen and oxygen atoms in total. The highest BCUT2D eigenvalue weighted by atomic mass is 32.2. The summed E-state index contributed by atoms with van der Waals surface area (Å²) >= 11 is 0. The van der Waals surface area contributed by atoms with Crippen molar-refractivity contribution in [2.45, 2.75) is 51.2 Å². The van der Waals surface area contributed by atoms with Crippen LogP contribution in [0.2, 0.25) is 0 Å². The molecule has 106 valence electrons. The number of hydrogen-bond donors (Lipinski definition) is 0. The topological polar surface area (TPSA) is 51.2 Å². The molecule has 0 bridgehead atoms. The van der Waals surface area contributed by atoms with Gasteiger partial charge in [0.1, 0.15) is 4.75 Å². The predicted octanol–water partition coefficient (Wildman–Crippen LogP) is 3.16. The summed E-state index contributed by atoms with van der Waals surface area (Å²) in [4.78, 5) is 12.6. The van der Waals surface area contributed by atoms with Crippen LogP contribution >= 0.6 is 0 Å². The number of carbonyl (C=O) groups excluding carboxylic acids is 1. The second-order valence-electron chi connectivity index (χ2n) is 6.41. The van der Waals surface area contributed by atoms with E-state index in [4.69, 9.17) is 0 Å². The number of rotatable bonds is 3. The van der Waals surface area contributed by atoms with E-state index in [1.54, 1.807) is 45.0 Å². The maximum atomic E-state index is 12.6. The molecule has 1 aromatic carbocycles. The maximum Gasteiger partial charge on any atom is 0.190 e. The molecule has 19 heavy (non-hydrogen) atoms. The van der Waals surface area contributed by atoms with Crippen molar-refractivity contribution in [1.29, 1.82) is 0 Å². The molecule has 0 aliphatic heterocycles. The number of Topliss-reactive ketones (excluding diaryl/α,β-unsaturated/α-hetero) is 1. The van der Waals surface area contributed by atoms with Crippen molar-refractivity contribution in [1.82, 2.24) is 0 Å². The van der Waals surface area contributed by atoms with E-state index in [1.165, 1.54) is 13.8 Å². The molecule has 0 radical (unpaired) electrons. The van der Waals surface area contributed by atoms with Crippen LogP contribution in [0.3, 0.4) is 0 Å². The Labute approximate surface area is 116 Å². The Bertz CT molecular complexity index is 573. The van der Waals surface area contributed by atoms with E-state index in [0.29, 0.717) is 0 Å². The molecular weight excluding hydrogens is 260 g/mol. The lowest BCUT2D eigenvalue weighted by molar-refractivity contribution is -0.128. The van der Waals surface area contributed by atoms with Crippen molar-refractivity contribution in [2.24, 2.45) is 5.41 Å². The monoisotopic (exact) mass is 282 g/mol. The Morgan fingerprint density at radius 3 is 1.74 bits per heavy atom. The number of sulfone groups is 1. The summed E-state index contributed by atoms with van der Waals surface area (Å²) in [6.45, 7) is 10.1. The average Bonchev–Trinajstić information content (AvgIpc) is 2.27. The van der Waals surface area contributed by atoms with Crippen LogP contribution in [0, 0.1) is 12.3 Å². The number of aryl methyl sites for hydroxylation is 1. The van der Waals surface area contributed by atoms with Crippen molar-refractivity contribution >= 4 is 15.6 Å². The molecule has 0 saturated heterocycles. The van der Waals surface area contributed by atoms with Crippen LogP contribution in [-0.4, -0.2) is 18.9 Å². The van der Waals surface area contributed by atoms with Gasteiger partial charge in [0.25, 0.3) is 0 Å². The zero-order valence-electron chi connectivity index (χ0n) is 12.4. The van der Waals surface area contributed by atoms with Gasteiger partial charge in [0.2, 0.25) is 0 Å². The molecular formula is C15H22O3S. The zero-order chi connectivity index (χ0) is 15.1. The minimum absolute atomic E-state index is 0.195. The summed E-state index contributed by atoms with van der Waals surface area (Å²) in [5, 5.41) is 0. The van der Waals surface area contributed by atoms with Crippen LogP contribution in [0.5, 0.6) is 0 Å². The predicted molar refractivity (Wildman–Crippen MR) is 76.9 cm³/mol. The first kappa shape index (κ1) is 15.9. The van der Waals surface area contributed by atoms with Crippen LogP contribution in [0.25, 0.3) is 0 Å². The quantitative estimate of drug-likeness (QED) is 0.855. The Morgan fingerprint density at radius 2 is 1.37 bits per heavy atom. The Hall–Kier alpha value is -1.16. The van der Waals surface area contributed by atoms with Gasteiger partial charge in [-0.25, -0.2) is 8.42 Å². The highest BCUT2D eigenvalue weighted by Crippen LogP contribution is 2.33. The first-order chi connectivity index (χ1) is 8.40. The van der Waals surface area contributed by atoms with Crippen LogP contribution in [0.4, 0.5) is 0 Å².